The molecule has 10 heteroatoms. The first-order valence-corrected chi connectivity index (χ1v) is 10.1. The van der Waals surface area contributed by atoms with Crippen molar-refractivity contribution in [1.29, 1.82) is 0 Å². The molecule has 2 aromatic carbocycles. The summed E-state index contributed by atoms with van der Waals surface area (Å²) in [5.74, 6) is 0.0862. The van der Waals surface area contributed by atoms with Crippen LogP contribution in [-0.2, 0) is 12.4 Å². The molecule has 1 aromatic heterocycles. The molecule has 3 aromatic rings. The summed E-state index contributed by atoms with van der Waals surface area (Å²) in [6.45, 7) is 2.08. The maximum atomic E-state index is 13.4. The molecule has 1 aliphatic rings. The molecule has 0 radical (unpaired) electrons. The molecule has 1 fully saturated rings. The Labute approximate surface area is 180 Å². The van der Waals surface area contributed by atoms with Gasteiger partial charge in [0.2, 0.25) is 0 Å². The van der Waals surface area contributed by atoms with E-state index in [4.69, 9.17) is 4.74 Å². The SMILES string of the molecule is CC1CC(c2ccc(C(F)(F)F)cc2)CC(COc2cc(C(F)(F)F)c3nc[nH]c3c2)N1. The summed E-state index contributed by atoms with van der Waals surface area (Å²) in [5.41, 5.74) is -0.717. The van der Waals surface area contributed by atoms with Gasteiger partial charge in [-0.25, -0.2) is 4.98 Å². The van der Waals surface area contributed by atoms with Crippen molar-refractivity contribution in [3.63, 3.8) is 0 Å². The fourth-order valence-electron chi connectivity index (χ4n) is 4.26. The zero-order valence-electron chi connectivity index (χ0n) is 17.0. The van der Waals surface area contributed by atoms with Crippen molar-refractivity contribution in [2.75, 3.05) is 6.61 Å². The van der Waals surface area contributed by atoms with Gasteiger partial charge in [-0.2, -0.15) is 26.3 Å². The third-order valence-corrected chi connectivity index (χ3v) is 5.69. The molecule has 3 unspecified atom stereocenters. The minimum Gasteiger partial charge on any atom is -0.492 e. The fourth-order valence-corrected chi connectivity index (χ4v) is 4.26. The summed E-state index contributed by atoms with van der Waals surface area (Å²) < 4.78 is 84.3. The van der Waals surface area contributed by atoms with E-state index in [1.54, 1.807) is 0 Å². The van der Waals surface area contributed by atoms with Crippen LogP contribution in [0.4, 0.5) is 26.3 Å². The van der Waals surface area contributed by atoms with Crippen molar-refractivity contribution < 1.29 is 31.1 Å². The molecule has 2 heterocycles. The number of ether oxygens (including phenoxy) is 1. The molecule has 2 N–H and O–H groups in total. The lowest BCUT2D eigenvalue weighted by Crippen LogP contribution is -2.46. The van der Waals surface area contributed by atoms with E-state index in [1.165, 1.54) is 24.5 Å². The molecule has 172 valence electrons. The van der Waals surface area contributed by atoms with Crippen LogP contribution in [-0.4, -0.2) is 28.7 Å². The number of nitrogens with one attached hydrogen (secondary N) is 2. The predicted octanol–water partition coefficient (Wildman–Crippen LogP) is 5.90. The van der Waals surface area contributed by atoms with E-state index >= 15 is 0 Å². The van der Waals surface area contributed by atoms with E-state index in [1.807, 2.05) is 6.92 Å². The third kappa shape index (κ3) is 4.85. The first kappa shape index (κ1) is 22.4. The van der Waals surface area contributed by atoms with Crippen LogP contribution < -0.4 is 10.1 Å². The van der Waals surface area contributed by atoms with Crippen molar-refractivity contribution in [2.45, 2.75) is 50.1 Å². The summed E-state index contributed by atoms with van der Waals surface area (Å²) in [5, 5.41) is 3.35. The monoisotopic (exact) mass is 457 g/mol. The molecule has 1 saturated heterocycles. The summed E-state index contributed by atoms with van der Waals surface area (Å²) in [6.07, 6.45) is -6.43. The molecule has 0 aliphatic carbocycles. The van der Waals surface area contributed by atoms with Gasteiger partial charge in [-0.3, -0.25) is 0 Å². The van der Waals surface area contributed by atoms with Gasteiger partial charge in [0.1, 0.15) is 17.9 Å². The van der Waals surface area contributed by atoms with Gasteiger partial charge in [0.25, 0.3) is 0 Å². The number of fused-ring (bicyclic) bond motifs is 1. The van der Waals surface area contributed by atoms with Gasteiger partial charge in [-0.05, 0) is 49.4 Å². The number of hydrogen-bond donors (Lipinski definition) is 2. The minimum atomic E-state index is -4.57. The number of rotatable bonds is 4. The van der Waals surface area contributed by atoms with Crippen LogP contribution in [0.15, 0.2) is 42.7 Å². The Hall–Kier alpha value is -2.75. The van der Waals surface area contributed by atoms with E-state index in [-0.39, 0.29) is 41.4 Å². The van der Waals surface area contributed by atoms with Gasteiger partial charge >= 0.3 is 12.4 Å². The van der Waals surface area contributed by atoms with Gasteiger partial charge in [0.05, 0.1) is 23.0 Å². The highest BCUT2D eigenvalue weighted by atomic mass is 19.4. The molecule has 0 saturated carbocycles. The minimum absolute atomic E-state index is 0.0166. The normalized spacial score (nSPS) is 22.3. The molecule has 0 spiro atoms. The maximum absolute atomic E-state index is 13.4. The summed E-state index contributed by atoms with van der Waals surface area (Å²) in [7, 11) is 0. The second kappa shape index (κ2) is 8.31. The number of imidazole rings is 1. The number of alkyl halides is 6. The number of nitrogens with zero attached hydrogens (tertiary/aromatic N) is 1. The first-order chi connectivity index (χ1) is 15.0. The second-order valence-electron chi connectivity index (χ2n) is 8.13. The average molecular weight is 457 g/mol. The Bertz CT molecular complexity index is 1070. The molecular formula is C22H21F6N3O. The van der Waals surface area contributed by atoms with Crippen LogP contribution in [0, 0.1) is 0 Å². The Morgan fingerprint density at radius 1 is 1.00 bits per heavy atom. The molecule has 4 nitrogen and oxygen atoms in total. The molecule has 3 atom stereocenters. The summed E-state index contributed by atoms with van der Waals surface area (Å²) >= 11 is 0. The number of benzene rings is 2. The van der Waals surface area contributed by atoms with Gasteiger partial charge in [0, 0.05) is 18.2 Å². The number of aromatic amines is 1. The lowest BCUT2D eigenvalue weighted by Gasteiger charge is -2.35. The third-order valence-electron chi connectivity index (χ3n) is 5.69. The van der Waals surface area contributed by atoms with Gasteiger partial charge in [0.15, 0.2) is 0 Å². The van der Waals surface area contributed by atoms with Gasteiger partial charge in [-0.15, -0.1) is 0 Å². The van der Waals surface area contributed by atoms with Crippen molar-refractivity contribution in [1.82, 2.24) is 15.3 Å². The lowest BCUT2D eigenvalue weighted by molar-refractivity contribution is -0.138. The smallest absolute Gasteiger partial charge is 0.418 e. The highest BCUT2D eigenvalue weighted by Gasteiger charge is 2.35. The molecule has 4 rings (SSSR count). The molecule has 0 amide bonds. The fraction of sp³-hybridized carbons (Fsp3) is 0.409. The number of piperidine rings is 1. The Morgan fingerprint density at radius 3 is 2.38 bits per heavy atom. The van der Waals surface area contributed by atoms with E-state index in [9.17, 15) is 26.3 Å². The van der Waals surface area contributed by atoms with Gasteiger partial charge < -0.3 is 15.0 Å². The molecule has 32 heavy (non-hydrogen) atoms. The average Bonchev–Trinajstić information content (AvgIpc) is 3.18. The van der Waals surface area contributed by atoms with E-state index in [2.05, 4.69) is 15.3 Å². The second-order valence-corrected chi connectivity index (χ2v) is 8.13. The van der Waals surface area contributed by atoms with Crippen molar-refractivity contribution in [3.8, 4) is 5.75 Å². The van der Waals surface area contributed by atoms with E-state index in [0.717, 1.165) is 30.2 Å². The van der Waals surface area contributed by atoms with Crippen molar-refractivity contribution in [3.05, 3.63) is 59.4 Å². The van der Waals surface area contributed by atoms with Gasteiger partial charge in [-0.1, -0.05) is 12.1 Å². The summed E-state index contributed by atoms with van der Waals surface area (Å²) in [4.78, 5) is 6.41. The van der Waals surface area contributed by atoms with Crippen LogP contribution in [0.25, 0.3) is 11.0 Å². The summed E-state index contributed by atoms with van der Waals surface area (Å²) in [6, 6.07) is 7.44. The van der Waals surface area contributed by atoms with E-state index in [0.29, 0.717) is 6.42 Å². The molecular weight excluding hydrogens is 436 g/mol. The van der Waals surface area contributed by atoms with Crippen LogP contribution >= 0.6 is 0 Å². The first-order valence-electron chi connectivity index (χ1n) is 10.1. The lowest BCUT2D eigenvalue weighted by atomic mass is 9.83. The number of hydrogen-bond acceptors (Lipinski definition) is 3. The predicted molar refractivity (Wildman–Crippen MR) is 106 cm³/mol. The van der Waals surface area contributed by atoms with Crippen molar-refractivity contribution in [2.24, 2.45) is 0 Å². The van der Waals surface area contributed by atoms with Crippen molar-refractivity contribution >= 4 is 11.0 Å². The Morgan fingerprint density at radius 2 is 1.72 bits per heavy atom. The van der Waals surface area contributed by atoms with E-state index < -0.39 is 23.5 Å². The number of H-pyrrole nitrogens is 1. The van der Waals surface area contributed by atoms with Crippen LogP contribution in [0.5, 0.6) is 5.75 Å². The highest BCUT2D eigenvalue weighted by molar-refractivity contribution is 5.80. The largest absolute Gasteiger partial charge is 0.492 e. The standard InChI is InChI=1S/C22H21F6N3O/c1-12-6-14(13-2-4-15(5-3-13)21(23,24)25)7-16(31-12)10-32-17-8-18(22(26,27)28)20-19(9-17)29-11-30-20/h2-5,8-9,11-12,14,16,31H,6-7,10H2,1H3,(H,29,30). The Balaban J connectivity index is 1.47. The quantitative estimate of drug-likeness (QED) is 0.480. The number of aromatic nitrogens is 2. The van der Waals surface area contributed by atoms with Crippen LogP contribution in [0.1, 0.15) is 42.4 Å². The number of halogens is 6. The zero-order valence-corrected chi connectivity index (χ0v) is 17.0. The van der Waals surface area contributed by atoms with Crippen LogP contribution in [0.2, 0.25) is 0 Å². The zero-order chi connectivity index (χ0) is 23.1. The molecule has 1 aliphatic heterocycles. The topological polar surface area (TPSA) is 49.9 Å². The molecule has 0 bridgehead atoms. The maximum Gasteiger partial charge on any atom is 0.418 e. The van der Waals surface area contributed by atoms with Crippen LogP contribution in [0.3, 0.4) is 0 Å². The highest BCUT2D eigenvalue weighted by Crippen LogP contribution is 2.37. The Kier molecular flexibility index (Phi) is 5.83.